The van der Waals surface area contributed by atoms with E-state index in [0.29, 0.717) is 0 Å². The maximum atomic E-state index is 10.7. The third-order valence-corrected chi connectivity index (χ3v) is 4.84. The number of rotatable bonds is 5. The number of para-hydroxylation sites is 1. The van der Waals surface area contributed by atoms with Crippen molar-refractivity contribution in [3.05, 3.63) is 69.9 Å². The van der Waals surface area contributed by atoms with Crippen LogP contribution in [-0.4, -0.2) is 46.1 Å². The summed E-state index contributed by atoms with van der Waals surface area (Å²) in [6.07, 6.45) is 0. The summed E-state index contributed by atoms with van der Waals surface area (Å²) in [7, 11) is 0. The third-order valence-electron chi connectivity index (χ3n) is 4.84. The Morgan fingerprint density at radius 3 is 2.31 bits per heavy atom. The molecular formula is C19H20N4O3. The van der Waals surface area contributed by atoms with Crippen LogP contribution in [0.15, 0.2) is 53.1 Å². The van der Waals surface area contributed by atoms with Crippen molar-refractivity contribution in [2.75, 3.05) is 26.2 Å². The standard InChI is InChI=1S/C19H20N4O3/c24-23(25)16-7-5-15(6-8-16)13-21-9-11-22(12-10-21)14-18-17-3-1-2-4-19(17)26-20-18/h1-8H,9-14H2. The zero-order valence-electron chi connectivity index (χ0n) is 14.4. The molecule has 0 bridgehead atoms. The van der Waals surface area contributed by atoms with Gasteiger partial charge in [-0.1, -0.05) is 29.4 Å². The predicted molar refractivity (Wildman–Crippen MR) is 97.7 cm³/mol. The summed E-state index contributed by atoms with van der Waals surface area (Å²) in [4.78, 5) is 15.1. The minimum Gasteiger partial charge on any atom is -0.356 e. The van der Waals surface area contributed by atoms with Crippen LogP contribution in [0, 0.1) is 10.1 Å². The first-order chi connectivity index (χ1) is 12.7. The topological polar surface area (TPSA) is 75.7 Å². The van der Waals surface area contributed by atoms with Crippen molar-refractivity contribution < 1.29 is 9.45 Å². The van der Waals surface area contributed by atoms with E-state index in [1.165, 1.54) is 0 Å². The van der Waals surface area contributed by atoms with Crippen LogP contribution in [0.3, 0.4) is 0 Å². The van der Waals surface area contributed by atoms with Crippen molar-refractivity contribution >= 4 is 16.7 Å². The van der Waals surface area contributed by atoms with Gasteiger partial charge in [0.15, 0.2) is 5.58 Å². The second-order valence-electron chi connectivity index (χ2n) is 6.60. The molecule has 1 aromatic heterocycles. The normalized spacial score (nSPS) is 16.2. The number of aromatic nitrogens is 1. The van der Waals surface area contributed by atoms with Gasteiger partial charge in [0.1, 0.15) is 5.69 Å². The number of hydrogen-bond acceptors (Lipinski definition) is 6. The van der Waals surface area contributed by atoms with E-state index in [0.717, 1.165) is 61.5 Å². The maximum Gasteiger partial charge on any atom is 0.269 e. The Labute approximate surface area is 150 Å². The van der Waals surface area contributed by atoms with E-state index < -0.39 is 0 Å². The Balaban J connectivity index is 1.32. The van der Waals surface area contributed by atoms with Crippen molar-refractivity contribution in [2.24, 2.45) is 0 Å². The average molecular weight is 352 g/mol. The molecule has 0 unspecified atom stereocenters. The SMILES string of the molecule is O=[N+]([O-])c1ccc(CN2CCN(Cc3noc4ccccc34)CC2)cc1. The highest BCUT2D eigenvalue weighted by molar-refractivity contribution is 5.79. The van der Waals surface area contributed by atoms with Gasteiger partial charge in [-0.25, -0.2) is 0 Å². The molecule has 0 atom stereocenters. The molecule has 0 aliphatic carbocycles. The summed E-state index contributed by atoms with van der Waals surface area (Å²) >= 11 is 0. The van der Waals surface area contributed by atoms with Gasteiger partial charge in [-0.05, 0) is 17.7 Å². The van der Waals surface area contributed by atoms with Gasteiger partial charge in [-0.2, -0.15) is 0 Å². The first-order valence-corrected chi connectivity index (χ1v) is 8.70. The monoisotopic (exact) mass is 352 g/mol. The molecule has 1 aliphatic rings. The van der Waals surface area contributed by atoms with E-state index in [4.69, 9.17) is 4.52 Å². The summed E-state index contributed by atoms with van der Waals surface area (Å²) < 4.78 is 5.38. The smallest absolute Gasteiger partial charge is 0.269 e. The zero-order valence-corrected chi connectivity index (χ0v) is 14.4. The molecule has 3 aromatic rings. The van der Waals surface area contributed by atoms with Gasteiger partial charge < -0.3 is 4.52 Å². The van der Waals surface area contributed by atoms with E-state index >= 15 is 0 Å². The molecule has 4 rings (SSSR count). The number of non-ortho nitro benzene ring substituents is 1. The molecule has 0 spiro atoms. The van der Waals surface area contributed by atoms with Gasteiger partial charge in [0.2, 0.25) is 0 Å². The molecular weight excluding hydrogens is 332 g/mol. The van der Waals surface area contributed by atoms with Crippen molar-refractivity contribution in [2.45, 2.75) is 13.1 Å². The largest absolute Gasteiger partial charge is 0.356 e. The third kappa shape index (κ3) is 3.58. The number of fused-ring (bicyclic) bond motifs is 1. The lowest BCUT2D eigenvalue weighted by Gasteiger charge is -2.34. The van der Waals surface area contributed by atoms with Gasteiger partial charge in [-0.15, -0.1) is 0 Å². The van der Waals surface area contributed by atoms with Gasteiger partial charge in [0, 0.05) is 56.8 Å². The lowest BCUT2D eigenvalue weighted by atomic mass is 10.1. The van der Waals surface area contributed by atoms with Gasteiger partial charge >= 0.3 is 0 Å². The quantitative estimate of drug-likeness (QED) is 0.519. The van der Waals surface area contributed by atoms with Crippen LogP contribution in [0.1, 0.15) is 11.3 Å². The summed E-state index contributed by atoms with van der Waals surface area (Å²) in [5.41, 5.74) is 3.06. The van der Waals surface area contributed by atoms with Crippen LogP contribution in [0.2, 0.25) is 0 Å². The number of nitrogens with zero attached hydrogens (tertiary/aromatic N) is 4. The van der Waals surface area contributed by atoms with Crippen LogP contribution in [0.5, 0.6) is 0 Å². The number of piperazine rings is 1. The average Bonchev–Trinajstić information content (AvgIpc) is 3.07. The molecule has 2 aromatic carbocycles. The van der Waals surface area contributed by atoms with E-state index in [-0.39, 0.29) is 10.6 Å². The van der Waals surface area contributed by atoms with Crippen LogP contribution < -0.4 is 0 Å². The highest BCUT2D eigenvalue weighted by Crippen LogP contribution is 2.20. The van der Waals surface area contributed by atoms with Gasteiger partial charge in [0.25, 0.3) is 5.69 Å². The fourth-order valence-electron chi connectivity index (χ4n) is 3.35. The first kappa shape index (κ1) is 16.7. The molecule has 134 valence electrons. The minimum absolute atomic E-state index is 0.137. The van der Waals surface area contributed by atoms with Crippen LogP contribution in [0.25, 0.3) is 11.0 Å². The van der Waals surface area contributed by atoms with Crippen LogP contribution in [0.4, 0.5) is 5.69 Å². The summed E-state index contributed by atoms with van der Waals surface area (Å²) in [6.45, 7) is 5.48. The van der Waals surface area contributed by atoms with Gasteiger partial charge in [0.05, 0.1) is 4.92 Å². The molecule has 26 heavy (non-hydrogen) atoms. The van der Waals surface area contributed by atoms with Crippen molar-refractivity contribution in [1.29, 1.82) is 0 Å². The minimum atomic E-state index is -0.365. The Morgan fingerprint density at radius 2 is 1.62 bits per heavy atom. The van der Waals surface area contributed by atoms with E-state index in [1.54, 1.807) is 12.1 Å². The Kier molecular flexibility index (Phi) is 4.64. The van der Waals surface area contributed by atoms with Gasteiger partial charge in [-0.3, -0.25) is 19.9 Å². The van der Waals surface area contributed by atoms with E-state index in [9.17, 15) is 10.1 Å². The molecule has 0 amide bonds. The zero-order chi connectivity index (χ0) is 17.9. The highest BCUT2D eigenvalue weighted by Gasteiger charge is 2.19. The number of benzene rings is 2. The molecule has 2 heterocycles. The lowest BCUT2D eigenvalue weighted by molar-refractivity contribution is -0.384. The highest BCUT2D eigenvalue weighted by atomic mass is 16.6. The second kappa shape index (κ2) is 7.23. The Bertz CT molecular complexity index is 899. The maximum absolute atomic E-state index is 10.7. The Hall–Kier alpha value is -2.77. The molecule has 1 aliphatic heterocycles. The molecule has 1 fully saturated rings. The van der Waals surface area contributed by atoms with Crippen LogP contribution >= 0.6 is 0 Å². The molecule has 0 saturated carbocycles. The molecule has 0 N–H and O–H groups in total. The predicted octanol–water partition coefficient (Wildman–Crippen LogP) is 3.05. The number of nitro benzene ring substituents is 1. The molecule has 1 saturated heterocycles. The Morgan fingerprint density at radius 1 is 0.962 bits per heavy atom. The van der Waals surface area contributed by atoms with Crippen LogP contribution in [-0.2, 0) is 13.1 Å². The number of nitro groups is 1. The van der Waals surface area contributed by atoms with E-state index in [1.807, 2.05) is 36.4 Å². The molecule has 0 radical (unpaired) electrons. The fraction of sp³-hybridized carbons (Fsp3) is 0.316. The first-order valence-electron chi connectivity index (χ1n) is 8.70. The number of hydrogen-bond donors (Lipinski definition) is 0. The summed E-state index contributed by atoms with van der Waals surface area (Å²) in [5.74, 6) is 0. The van der Waals surface area contributed by atoms with E-state index in [2.05, 4.69) is 15.0 Å². The van der Waals surface area contributed by atoms with Crippen molar-refractivity contribution in [3.8, 4) is 0 Å². The second-order valence-corrected chi connectivity index (χ2v) is 6.60. The van der Waals surface area contributed by atoms with Crippen molar-refractivity contribution in [1.82, 2.24) is 15.0 Å². The summed E-state index contributed by atoms with van der Waals surface area (Å²) in [6, 6.07) is 14.8. The van der Waals surface area contributed by atoms with Crippen molar-refractivity contribution in [3.63, 3.8) is 0 Å². The molecule has 7 nitrogen and oxygen atoms in total. The lowest BCUT2D eigenvalue weighted by Crippen LogP contribution is -2.45. The molecule has 7 heteroatoms. The summed E-state index contributed by atoms with van der Waals surface area (Å²) in [5, 5.41) is 16.0. The fourth-order valence-corrected chi connectivity index (χ4v) is 3.35.